The van der Waals surface area contributed by atoms with Gasteiger partial charge in [0.05, 0.1) is 0 Å². The lowest BCUT2D eigenvalue weighted by molar-refractivity contribution is 0.294. The maximum atomic E-state index is 5.56. The molecule has 0 radical (unpaired) electrons. The van der Waals surface area contributed by atoms with E-state index in [0.717, 1.165) is 12.5 Å². The van der Waals surface area contributed by atoms with Crippen molar-refractivity contribution in [2.75, 3.05) is 26.2 Å². The molecule has 0 aromatic heterocycles. The summed E-state index contributed by atoms with van der Waals surface area (Å²) in [5.41, 5.74) is 5.56. The average Bonchev–Trinajstić information content (AvgIpc) is 2.31. The first-order chi connectivity index (χ1) is 5.86. The lowest BCUT2D eigenvalue weighted by Crippen LogP contribution is -2.24. The van der Waals surface area contributed by atoms with Gasteiger partial charge in [0.15, 0.2) is 0 Å². The fraction of sp³-hybridized carbons (Fsp3) is 1.00. The second-order valence-corrected chi connectivity index (χ2v) is 3.81. The van der Waals surface area contributed by atoms with Gasteiger partial charge in [0.2, 0.25) is 0 Å². The van der Waals surface area contributed by atoms with Crippen molar-refractivity contribution in [2.24, 2.45) is 11.7 Å². The summed E-state index contributed by atoms with van der Waals surface area (Å²) in [6.07, 6.45) is 5.37. The third-order valence-electron chi connectivity index (χ3n) is 2.96. The molecule has 2 heteroatoms. The van der Waals surface area contributed by atoms with Crippen LogP contribution in [0.2, 0.25) is 0 Å². The fourth-order valence-electron chi connectivity index (χ4n) is 2.07. The van der Waals surface area contributed by atoms with Crippen molar-refractivity contribution in [3.8, 4) is 0 Å². The molecule has 1 aliphatic heterocycles. The highest BCUT2D eigenvalue weighted by atomic mass is 15.1. The molecule has 0 aromatic carbocycles. The summed E-state index contributed by atoms with van der Waals surface area (Å²) in [5.74, 6) is 0.909. The summed E-state index contributed by atoms with van der Waals surface area (Å²) < 4.78 is 0. The minimum atomic E-state index is 0.872. The van der Waals surface area contributed by atoms with Crippen molar-refractivity contribution in [1.29, 1.82) is 0 Å². The Morgan fingerprint density at radius 2 is 2.17 bits per heavy atom. The van der Waals surface area contributed by atoms with Crippen molar-refractivity contribution in [3.63, 3.8) is 0 Å². The standard InChI is InChI=1S/C10H22N2/c1-2-12-8-3-4-10(5-7-11)6-9-12/h10H,2-9,11H2,1H3. The average molecular weight is 170 g/mol. The summed E-state index contributed by atoms with van der Waals surface area (Å²) in [6.45, 7) is 6.94. The van der Waals surface area contributed by atoms with E-state index in [-0.39, 0.29) is 0 Å². The van der Waals surface area contributed by atoms with Crippen LogP contribution in [0.25, 0.3) is 0 Å². The first-order valence-electron chi connectivity index (χ1n) is 5.29. The van der Waals surface area contributed by atoms with E-state index in [2.05, 4.69) is 11.8 Å². The summed E-state index contributed by atoms with van der Waals surface area (Å²) in [7, 11) is 0. The van der Waals surface area contributed by atoms with Crippen LogP contribution in [0.3, 0.4) is 0 Å². The number of rotatable bonds is 3. The van der Waals surface area contributed by atoms with Crippen LogP contribution in [0.15, 0.2) is 0 Å². The van der Waals surface area contributed by atoms with Crippen LogP contribution in [0, 0.1) is 5.92 Å². The summed E-state index contributed by atoms with van der Waals surface area (Å²) in [5, 5.41) is 0. The predicted octanol–water partition coefficient (Wildman–Crippen LogP) is 1.46. The molecule has 0 bridgehead atoms. The Hall–Kier alpha value is -0.0800. The van der Waals surface area contributed by atoms with Crippen LogP contribution < -0.4 is 5.73 Å². The van der Waals surface area contributed by atoms with E-state index < -0.39 is 0 Å². The van der Waals surface area contributed by atoms with Gasteiger partial charge in [-0.2, -0.15) is 0 Å². The largest absolute Gasteiger partial charge is 0.330 e. The zero-order valence-corrected chi connectivity index (χ0v) is 8.26. The minimum absolute atomic E-state index is 0.872. The van der Waals surface area contributed by atoms with Gasteiger partial charge in [-0.3, -0.25) is 0 Å². The highest BCUT2D eigenvalue weighted by molar-refractivity contribution is 4.69. The summed E-state index contributed by atoms with van der Waals surface area (Å²) in [6, 6.07) is 0. The van der Waals surface area contributed by atoms with Crippen LogP contribution in [0.1, 0.15) is 32.6 Å². The van der Waals surface area contributed by atoms with Gasteiger partial charge in [-0.1, -0.05) is 6.92 Å². The topological polar surface area (TPSA) is 29.3 Å². The van der Waals surface area contributed by atoms with Gasteiger partial charge in [0.1, 0.15) is 0 Å². The molecule has 0 saturated carbocycles. The number of hydrogen-bond donors (Lipinski definition) is 1. The molecule has 1 atom stereocenters. The van der Waals surface area contributed by atoms with Crippen LogP contribution in [0.5, 0.6) is 0 Å². The fourth-order valence-corrected chi connectivity index (χ4v) is 2.07. The summed E-state index contributed by atoms with van der Waals surface area (Å²) in [4.78, 5) is 2.55. The Labute approximate surface area is 76.1 Å². The molecule has 0 amide bonds. The van der Waals surface area contributed by atoms with E-state index in [0.29, 0.717) is 0 Å². The molecule has 1 rings (SSSR count). The Bertz CT molecular complexity index is 114. The van der Waals surface area contributed by atoms with Crippen molar-refractivity contribution in [3.05, 3.63) is 0 Å². The Kier molecular flexibility index (Phi) is 4.62. The van der Waals surface area contributed by atoms with Crippen molar-refractivity contribution in [1.82, 2.24) is 4.90 Å². The lowest BCUT2D eigenvalue weighted by Gasteiger charge is -2.17. The zero-order chi connectivity index (χ0) is 8.81. The van der Waals surface area contributed by atoms with Gasteiger partial charge in [0.25, 0.3) is 0 Å². The van der Waals surface area contributed by atoms with E-state index in [9.17, 15) is 0 Å². The molecular weight excluding hydrogens is 148 g/mol. The highest BCUT2D eigenvalue weighted by Gasteiger charge is 2.14. The smallest absolute Gasteiger partial charge is 0.00162 e. The second kappa shape index (κ2) is 5.55. The van der Waals surface area contributed by atoms with Crippen molar-refractivity contribution in [2.45, 2.75) is 32.6 Å². The quantitative estimate of drug-likeness (QED) is 0.695. The summed E-state index contributed by atoms with van der Waals surface area (Å²) >= 11 is 0. The molecule has 0 aromatic rings. The third kappa shape index (κ3) is 3.11. The van der Waals surface area contributed by atoms with Gasteiger partial charge < -0.3 is 10.6 Å². The Morgan fingerprint density at radius 1 is 1.33 bits per heavy atom. The first kappa shape index (κ1) is 10.0. The molecule has 1 fully saturated rings. The van der Waals surface area contributed by atoms with Gasteiger partial charge in [-0.25, -0.2) is 0 Å². The predicted molar refractivity (Wildman–Crippen MR) is 53.1 cm³/mol. The van der Waals surface area contributed by atoms with E-state index in [1.165, 1.54) is 45.3 Å². The Balaban J connectivity index is 2.24. The number of nitrogens with two attached hydrogens (primary N) is 1. The molecule has 0 spiro atoms. The number of nitrogens with zero attached hydrogens (tertiary/aromatic N) is 1. The maximum Gasteiger partial charge on any atom is -0.00162 e. The Morgan fingerprint density at radius 3 is 2.83 bits per heavy atom. The monoisotopic (exact) mass is 170 g/mol. The number of hydrogen-bond acceptors (Lipinski definition) is 2. The van der Waals surface area contributed by atoms with E-state index in [1.807, 2.05) is 0 Å². The molecular formula is C10H22N2. The van der Waals surface area contributed by atoms with Crippen molar-refractivity contribution < 1.29 is 0 Å². The van der Waals surface area contributed by atoms with E-state index in [4.69, 9.17) is 5.73 Å². The zero-order valence-electron chi connectivity index (χ0n) is 8.26. The van der Waals surface area contributed by atoms with Crippen molar-refractivity contribution >= 4 is 0 Å². The molecule has 1 saturated heterocycles. The van der Waals surface area contributed by atoms with Crippen LogP contribution in [-0.4, -0.2) is 31.1 Å². The van der Waals surface area contributed by atoms with Crippen LogP contribution in [-0.2, 0) is 0 Å². The molecule has 2 nitrogen and oxygen atoms in total. The number of likely N-dealkylation sites (tertiary alicyclic amines) is 1. The van der Waals surface area contributed by atoms with E-state index >= 15 is 0 Å². The highest BCUT2D eigenvalue weighted by Crippen LogP contribution is 2.19. The SMILES string of the molecule is CCN1CCCC(CCN)CC1. The van der Waals surface area contributed by atoms with Gasteiger partial charge in [-0.15, -0.1) is 0 Å². The second-order valence-electron chi connectivity index (χ2n) is 3.81. The molecule has 12 heavy (non-hydrogen) atoms. The lowest BCUT2D eigenvalue weighted by atomic mass is 9.97. The van der Waals surface area contributed by atoms with Crippen LogP contribution in [0.4, 0.5) is 0 Å². The molecule has 72 valence electrons. The van der Waals surface area contributed by atoms with E-state index in [1.54, 1.807) is 0 Å². The third-order valence-corrected chi connectivity index (χ3v) is 2.96. The van der Waals surface area contributed by atoms with Gasteiger partial charge in [-0.05, 0) is 57.8 Å². The molecule has 1 unspecified atom stereocenters. The minimum Gasteiger partial charge on any atom is -0.330 e. The van der Waals surface area contributed by atoms with Crippen LogP contribution >= 0.6 is 0 Å². The normalized spacial score (nSPS) is 27.0. The molecule has 1 aliphatic rings. The van der Waals surface area contributed by atoms with Gasteiger partial charge >= 0.3 is 0 Å². The first-order valence-corrected chi connectivity index (χ1v) is 5.29. The maximum absolute atomic E-state index is 5.56. The molecule has 1 heterocycles. The molecule has 2 N–H and O–H groups in total. The van der Waals surface area contributed by atoms with Gasteiger partial charge in [0, 0.05) is 0 Å². The molecule has 0 aliphatic carbocycles.